The summed E-state index contributed by atoms with van der Waals surface area (Å²) in [5.74, 6) is 0.942. The van der Waals surface area contributed by atoms with Gasteiger partial charge >= 0.3 is 0 Å². The third kappa shape index (κ3) is 4.04. The van der Waals surface area contributed by atoms with E-state index in [1.54, 1.807) is 7.11 Å². The fourth-order valence-electron chi connectivity index (χ4n) is 2.32. The molecule has 0 saturated carbocycles. The predicted octanol–water partition coefficient (Wildman–Crippen LogP) is 2.99. The number of rotatable bonds is 9. The van der Waals surface area contributed by atoms with Crippen molar-refractivity contribution in [1.29, 1.82) is 0 Å². The van der Waals surface area contributed by atoms with Gasteiger partial charge in [0, 0.05) is 26.2 Å². The molecule has 1 aromatic rings. The standard InChI is InChI=1S/C13H26N4OS/c1-5-8-17-12(14-15-13(17)19)16(9-10-18-4)11(6-2)7-3/h11H,5-10H2,1-4H3,(H,15,19). The van der Waals surface area contributed by atoms with Gasteiger partial charge in [0.1, 0.15) is 0 Å². The Hall–Kier alpha value is -0.880. The molecule has 0 aliphatic carbocycles. The van der Waals surface area contributed by atoms with Crippen molar-refractivity contribution in [2.75, 3.05) is 25.2 Å². The molecular formula is C13H26N4OS. The monoisotopic (exact) mass is 286 g/mol. The number of aromatic nitrogens is 3. The van der Waals surface area contributed by atoms with E-state index in [0.717, 1.165) is 38.3 Å². The first-order valence-corrected chi connectivity index (χ1v) is 7.51. The second kappa shape index (κ2) is 8.32. The summed E-state index contributed by atoms with van der Waals surface area (Å²) in [5, 5.41) is 7.34. The van der Waals surface area contributed by atoms with Gasteiger partial charge in [0.05, 0.1) is 6.61 Å². The van der Waals surface area contributed by atoms with Crippen LogP contribution in [0.1, 0.15) is 40.0 Å². The zero-order chi connectivity index (χ0) is 14.3. The Morgan fingerprint density at radius 1 is 1.37 bits per heavy atom. The van der Waals surface area contributed by atoms with Crippen LogP contribution in [-0.2, 0) is 11.3 Å². The van der Waals surface area contributed by atoms with Crippen LogP contribution in [0.25, 0.3) is 0 Å². The maximum Gasteiger partial charge on any atom is 0.226 e. The molecule has 1 aromatic heterocycles. The zero-order valence-corrected chi connectivity index (χ0v) is 13.3. The lowest BCUT2D eigenvalue weighted by Gasteiger charge is -2.31. The highest BCUT2D eigenvalue weighted by Crippen LogP contribution is 2.19. The minimum atomic E-state index is 0.468. The topological polar surface area (TPSA) is 46.1 Å². The van der Waals surface area contributed by atoms with Gasteiger partial charge in [0.25, 0.3) is 0 Å². The Bertz CT molecular complexity index is 411. The Balaban J connectivity index is 3.05. The van der Waals surface area contributed by atoms with Gasteiger partial charge in [-0.1, -0.05) is 20.8 Å². The Kier molecular flexibility index (Phi) is 7.09. The summed E-state index contributed by atoms with van der Waals surface area (Å²) < 4.78 is 8.01. The van der Waals surface area contributed by atoms with Crippen molar-refractivity contribution in [2.24, 2.45) is 0 Å². The van der Waals surface area contributed by atoms with E-state index in [1.807, 2.05) is 0 Å². The van der Waals surface area contributed by atoms with Crippen molar-refractivity contribution in [2.45, 2.75) is 52.6 Å². The summed E-state index contributed by atoms with van der Waals surface area (Å²) in [6.45, 7) is 9.00. The first-order valence-electron chi connectivity index (χ1n) is 7.10. The Morgan fingerprint density at radius 2 is 2.05 bits per heavy atom. The zero-order valence-electron chi connectivity index (χ0n) is 12.5. The normalized spacial score (nSPS) is 11.2. The lowest BCUT2D eigenvalue weighted by molar-refractivity contribution is 0.202. The van der Waals surface area contributed by atoms with Crippen molar-refractivity contribution in [3.05, 3.63) is 4.77 Å². The van der Waals surface area contributed by atoms with Gasteiger partial charge in [-0.2, -0.15) is 0 Å². The van der Waals surface area contributed by atoms with Crippen LogP contribution < -0.4 is 4.90 Å². The molecule has 0 spiro atoms. The third-order valence-corrected chi connectivity index (χ3v) is 3.67. The van der Waals surface area contributed by atoms with Crippen molar-refractivity contribution in [3.63, 3.8) is 0 Å². The number of methoxy groups -OCH3 is 1. The predicted molar refractivity (Wildman–Crippen MR) is 81.3 cm³/mol. The molecule has 19 heavy (non-hydrogen) atoms. The molecule has 1 rings (SSSR count). The molecule has 5 nitrogen and oxygen atoms in total. The van der Waals surface area contributed by atoms with E-state index in [1.165, 1.54) is 0 Å². The van der Waals surface area contributed by atoms with Gasteiger partial charge in [-0.25, -0.2) is 5.10 Å². The molecular weight excluding hydrogens is 260 g/mol. The molecule has 0 aliphatic rings. The third-order valence-electron chi connectivity index (χ3n) is 3.36. The van der Waals surface area contributed by atoms with Crippen LogP contribution in [-0.4, -0.2) is 41.1 Å². The smallest absolute Gasteiger partial charge is 0.226 e. The summed E-state index contributed by atoms with van der Waals surface area (Å²) in [4.78, 5) is 2.31. The lowest BCUT2D eigenvalue weighted by Crippen LogP contribution is -2.39. The fraction of sp³-hybridized carbons (Fsp3) is 0.846. The molecule has 0 saturated heterocycles. The van der Waals surface area contributed by atoms with E-state index < -0.39 is 0 Å². The molecule has 0 bridgehead atoms. The van der Waals surface area contributed by atoms with Crippen molar-refractivity contribution < 1.29 is 4.74 Å². The molecule has 110 valence electrons. The molecule has 0 aromatic carbocycles. The molecule has 1 N–H and O–H groups in total. The maximum absolute atomic E-state index is 5.32. The van der Waals surface area contributed by atoms with Gasteiger partial charge < -0.3 is 9.64 Å². The molecule has 6 heteroatoms. The number of nitrogens with zero attached hydrogens (tertiary/aromatic N) is 3. The SMILES string of the molecule is CCCn1c(N(CCOC)C(CC)CC)n[nH]c1=S. The first-order chi connectivity index (χ1) is 9.19. The second-order valence-electron chi connectivity index (χ2n) is 4.64. The van der Waals surface area contributed by atoms with Crippen molar-refractivity contribution in [3.8, 4) is 0 Å². The summed E-state index contributed by atoms with van der Waals surface area (Å²) in [6.07, 6.45) is 3.22. The molecule has 0 unspecified atom stereocenters. The number of ether oxygens (including phenoxy) is 1. The average Bonchev–Trinajstić information content (AvgIpc) is 2.77. The average molecular weight is 286 g/mol. The van der Waals surface area contributed by atoms with Crippen molar-refractivity contribution >= 4 is 18.2 Å². The van der Waals surface area contributed by atoms with Gasteiger partial charge in [0.15, 0.2) is 4.77 Å². The van der Waals surface area contributed by atoms with E-state index >= 15 is 0 Å². The van der Waals surface area contributed by atoms with Crippen LogP contribution >= 0.6 is 12.2 Å². The minimum absolute atomic E-state index is 0.468. The van der Waals surface area contributed by atoms with Gasteiger partial charge in [-0.3, -0.25) is 4.57 Å². The Morgan fingerprint density at radius 3 is 2.58 bits per heavy atom. The van der Waals surface area contributed by atoms with Gasteiger partial charge in [-0.05, 0) is 31.5 Å². The van der Waals surface area contributed by atoms with Gasteiger partial charge in [0.2, 0.25) is 5.95 Å². The number of nitrogens with one attached hydrogen (secondary N) is 1. The molecule has 0 atom stereocenters. The Labute approximate surface area is 121 Å². The summed E-state index contributed by atoms with van der Waals surface area (Å²) >= 11 is 5.32. The maximum atomic E-state index is 5.32. The second-order valence-corrected chi connectivity index (χ2v) is 5.02. The van der Waals surface area contributed by atoms with E-state index in [9.17, 15) is 0 Å². The van der Waals surface area contributed by atoms with Crippen LogP contribution in [0.2, 0.25) is 0 Å². The largest absolute Gasteiger partial charge is 0.383 e. The van der Waals surface area contributed by atoms with E-state index in [4.69, 9.17) is 17.0 Å². The van der Waals surface area contributed by atoms with Crippen LogP contribution in [0.4, 0.5) is 5.95 Å². The summed E-state index contributed by atoms with van der Waals surface area (Å²) in [7, 11) is 1.73. The number of aromatic amines is 1. The van der Waals surface area contributed by atoms with Crippen molar-refractivity contribution in [1.82, 2.24) is 14.8 Å². The molecule has 0 amide bonds. The van der Waals surface area contributed by atoms with Crippen LogP contribution in [0.3, 0.4) is 0 Å². The fourth-order valence-corrected chi connectivity index (χ4v) is 2.54. The van der Waals surface area contributed by atoms with Crippen LogP contribution in [0.5, 0.6) is 0 Å². The van der Waals surface area contributed by atoms with Crippen LogP contribution in [0, 0.1) is 4.77 Å². The van der Waals surface area contributed by atoms with E-state index in [0.29, 0.717) is 17.4 Å². The van der Waals surface area contributed by atoms with E-state index in [2.05, 4.69) is 40.4 Å². The van der Waals surface area contributed by atoms with E-state index in [-0.39, 0.29) is 0 Å². The highest BCUT2D eigenvalue weighted by molar-refractivity contribution is 7.71. The lowest BCUT2D eigenvalue weighted by atomic mass is 10.1. The molecule has 0 aliphatic heterocycles. The minimum Gasteiger partial charge on any atom is -0.383 e. The van der Waals surface area contributed by atoms with Crippen LogP contribution in [0.15, 0.2) is 0 Å². The highest BCUT2D eigenvalue weighted by Gasteiger charge is 2.20. The quantitative estimate of drug-likeness (QED) is 0.709. The number of H-pyrrole nitrogens is 1. The molecule has 0 radical (unpaired) electrons. The number of hydrogen-bond donors (Lipinski definition) is 1. The first kappa shape index (κ1) is 16.2. The summed E-state index contributed by atoms with van der Waals surface area (Å²) in [6, 6.07) is 0.468. The van der Waals surface area contributed by atoms with Gasteiger partial charge in [-0.15, -0.1) is 5.10 Å². The summed E-state index contributed by atoms with van der Waals surface area (Å²) in [5.41, 5.74) is 0. The number of hydrogen-bond acceptors (Lipinski definition) is 4. The number of anilines is 1. The highest BCUT2D eigenvalue weighted by atomic mass is 32.1. The molecule has 0 fully saturated rings. The molecule has 1 heterocycles.